The highest BCUT2D eigenvalue weighted by Gasteiger charge is 2.13. The van der Waals surface area contributed by atoms with Crippen LogP contribution >= 0.6 is 0 Å². The van der Waals surface area contributed by atoms with Gasteiger partial charge in [-0.05, 0) is 50.3 Å². The number of methoxy groups -OCH3 is 3. The molecule has 0 saturated heterocycles. The molecule has 0 bridgehead atoms. The molecule has 0 saturated carbocycles. The average Bonchev–Trinajstić information content (AvgIpc) is 2.86. The molecule has 0 aromatic heterocycles. The van der Waals surface area contributed by atoms with Gasteiger partial charge in [0.1, 0.15) is 5.75 Å². The summed E-state index contributed by atoms with van der Waals surface area (Å²) < 4.78 is 20.8. The fourth-order valence-electron chi connectivity index (χ4n) is 3.11. The summed E-state index contributed by atoms with van der Waals surface area (Å²) in [7, 11) is 4.50. The molecule has 0 heterocycles. The molecule has 2 amide bonds. The number of carbonyl (C=O) groups is 3. The monoisotopic (exact) mass is 470 g/mol. The normalized spacial score (nSPS) is 10.5. The molecule has 34 heavy (non-hydrogen) atoms. The van der Waals surface area contributed by atoms with Crippen LogP contribution in [0.2, 0.25) is 0 Å². The fourth-order valence-corrected chi connectivity index (χ4v) is 3.11. The van der Waals surface area contributed by atoms with Crippen LogP contribution < -0.4 is 19.5 Å². The topological polar surface area (TPSA) is 103 Å². The van der Waals surface area contributed by atoms with Crippen molar-refractivity contribution in [2.24, 2.45) is 0 Å². The molecule has 1 N–H and O–H groups in total. The summed E-state index contributed by atoms with van der Waals surface area (Å²) >= 11 is 0. The largest absolute Gasteiger partial charge is 0.496 e. The lowest BCUT2D eigenvalue weighted by Crippen LogP contribution is -2.30. The summed E-state index contributed by atoms with van der Waals surface area (Å²) in [5.74, 6) is 0.152. The summed E-state index contributed by atoms with van der Waals surface area (Å²) in [4.78, 5) is 38.2. The van der Waals surface area contributed by atoms with E-state index in [1.165, 1.54) is 33.5 Å². The van der Waals surface area contributed by atoms with Crippen LogP contribution in [-0.2, 0) is 14.3 Å². The van der Waals surface area contributed by atoms with Gasteiger partial charge in [0.25, 0.3) is 11.8 Å². The molecular weight excluding hydrogens is 440 g/mol. The summed E-state index contributed by atoms with van der Waals surface area (Å²) in [6.07, 6.45) is 2.68. The first kappa shape index (κ1) is 26.2. The predicted molar refractivity (Wildman–Crippen MR) is 128 cm³/mol. The molecule has 0 fully saturated rings. The number of amides is 2. The maximum atomic E-state index is 12.3. The minimum Gasteiger partial charge on any atom is -0.496 e. The van der Waals surface area contributed by atoms with Crippen molar-refractivity contribution in [1.82, 2.24) is 4.90 Å². The number of hydrogen-bond acceptors (Lipinski definition) is 7. The molecule has 0 aliphatic carbocycles. The third kappa shape index (κ3) is 6.99. The number of carbonyl (C=O) groups excluding carboxylic acids is 3. The molecule has 0 spiro atoms. The van der Waals surface area contributed by atoms with E-state index in [4.69, 9.17) is 18.9 Å². The first-order valence-electron chi connectivity index (χ1n) is 10.7. The second kappa shape index (κ2) is 12.9. The van der Waals surface area contributed by atoms with E-state index in [0.29, 0.717) is 47.2 Å². The van der Waals surface area contributed by atoms with Gasteiger partial charge in [-0.25, -0.2) is 4.79 Å². The Labute approximate surface area is 199 Å². The van der Waals surface area contributed by atoms with Crippen LogP contribution in [0.25, 0.3) is 6.08 Å². The molecule has 0 radical (unpaired) electrons. The zero-order valence-electron chi connectivity index (χ0n) is 20.0. The van der Waals surface area contributed by atoms with E-state index >= 15 is 0 Å². The lowest BCUT2D eigenvalue weighted by molar-refractivity contribution is -0.142. The van der Waals surface area contributed by atoms with Gasteiger partial charge in [-0.3, -0.25) is 9.59 Å². The van der Waals surface area contributed by atoms with Gasteiger partial charge in [0, 0.05) is 42.0 Å². The third-order valence-electron chi connectivity index (χ3n) is 4.95. The maximum Gasteiger partial charge on any atom is 0.331 e. The SMILES string of the molecule is CCN(CC)C(=O)c1ccc(NC(=O)COC(=O)/C=C/c2cc(OC)c(OC)cc2OC)cc1. The number of esters is 1. The fraction of sp³-hybridized carbons (Fsp3) is 0.320. The standard InChI is InChI=1S/C25H30N2O7/c1-6-27(7-2)25(30)17-8-11-19(12-9-17)26-23(28)16-34-24(29)13-10-18-14-21(32-4)22(33-5)15-20(18)31-3/h8-15H,6-7,16H2,1-5H3,(H,26,28)/b13-10+. The molecule has 182 valence electrons. The molecule has 2 aromatic rings. The number of nitrogens with one attached hydrogen (secondary N) is 1. The number of nitrogens with zero attached hydrogens (tertiary/aromatic N) is 1. The van der Waals surface area contributed by atoms with Crippen molar-refractivity contribution in [3.05, 3.63) is 53.6 Å². The molecule has 0 aliphatic heterocycles. The van der Waals surface area contributed by atoms with E-state index in [1.807, 2.05) is 13.8 Å². The van der Waals surface area contributed by atoms with Crippen LogP contribution in [0.3, 0.4) is 0 Å². The van der Waals surface area contributed by atoms with Gasteiger partial charge in [-0.2, -0.15) is 0 Å². The van der Waals surface area contributed by atoms with Crippen molar-refractivity contribution in [2.45, 2.75) is 13.8 Å². The second-order valence-electron chi connectivity index (χ2n) is 6.99. The Bertz CT molecular complexity index is 1030. The van der Waals surface area contributed by atoms with Gasteiger partial charge in [0.05, 0.1) is 21.3 Å². The lowest BCUT2D eigenvalue weighted by Gasteiger charge is -2.18. The Morgan fingerprint density at radius 3 is 2.03 bits per heavy atom. The predicted octanol–water partition coefficient (Wildman–Crippen LogP) is 3.39. The Morgan fingerprint density at radius 2 is 1.47 bits per heavy atom. The first-order valence-corrected chi connectivity index (χ1v) is 10.7. The number of hydrogen-bond donors (Lipinski definition) is 1. The Kier molecular flexibility index (Phi) is 9.94. The summed E-state index contributed by atoms with van der Waals surface area (Å²) in [6, 6.07) is 9.82. The van der Waals surface area contributed by atoms with Crippen molar-refractivity contribution in [1.29, 1.82) is 0 Å². The highest BCUT2D eigenvalue weighted by molar-refractivity contribution is 5.97. The van der Waals surface area contributed by atoms with E-state index in [-0.39, 0.29) is 5.91 Å². The highest BCUT2D eigenvalue weighted by Crippen LogP contribution is 2.35. The Morgan fingerprint density at radius 1 is 0.882 bits per heavy atom. The van der Waals surface area contributed by atoms with Crippen LogP contribution in [0.5, 0.6) is 17.2 Å². The number of anilines is 1. The van der Waals surface area contributed by atoms with Crippen molar-refractivity contribution in [2.75, 3.05) is 46.3 Å². The van der Waals surface area contributed by atoms with Gasteiger partial charge >= 0.3 is 5.97 Å². The molecule has 9 heteroatoms. The third-order valence-corrected chi connectivity index (χ3v) is 4.95. The molecular formula is C25H30N2O7. The molecule has 9 nitrogen and oxygen atoms in total. The molecule has 0 aliphatic rings. The van der Waals surface area contributed by atoms with E-state index < -0.39 is 18.5 Å². The number of rotatable bonds is 11. The van der Waals surface area contributed by atoms with Gasteiger partial charge < -0.3 is 29.2 Å². The van der Waals surface area contributed by atoms with Crippen molar-refractivity contribution in [3.8, 4) is 17.2 Å². The Hall–Kier alpha value is -4.01. The zero-order valence-corrected chi connectivity index (χ0v) is 20.0. The van der Waals surface area contributed by atoms with E-state index in [2.05, 4.69) is 5.32 Å². The van der Waals surface area contributed by atoms with Gasteiger partial charge in [-0.15, -0.1) is 0 Å². The van der Waals surface area contributed by atoms with Crippen molar-refractivity contribution >= 4 is 29.5 Å². The van der Waals surface area contributed by atoms with Crippen LogP contribution in [0.1, 0.15) is 29.8 Å². The van der Waals surface area contributed by atoms with Crippen molar-refractivity contribution in [3.63, 3.8) is 0 Å². The average molecular weight is 471 g/mol. The minimum absolute atomic E-state index is 0.0743. The van der Waals surface area contributed by atoms with E-state index in [0.717, 1.165) is 0 Å². The smallest absolute Gasteiger partial charge is 0.331 e. The zero-order chi connectivity index (χ0) is 25.1. The summed E-state index contributed by atoms with van der Waals surface area (Å²) in [5, 5.41) is 2.62. The molecule has 0 unspecified atom stereocenters. The lowest BCUT2D eigenvalue weighted by atomic mass is 10.1. The number of ether oxygens (including phenoxy) is 4. The van der Waals surface area contributed by atoms with Gasteiger partial charge in [0.15, 0.2) is 18.1 Å². The van der Waals surface area contributed by atoms with Gasteiger partial charge in [-0.1, -0.05) is 0 Å². The minimum atomic E-state index is -0.702. The van der Waals surface area contributed by atoms with Crippen LogP contribution in [-0.4, -0.2) is 63.7 Å². The van der Waals surface area contributed by atoms with Gasteiger partial charge in [0.2, 0.25) is 0 Å². The highest BCUT2D eigenvalue weighted by atomic mass is 16.5. The summed E-state index contributed by atoms with van der Waals surface area (Å²) in [6.45, 7) is 4.60. The van der Waals surface area contributed by atoms with Crippen molar-refractivity contribution < 1.29 is 33.3 Å². The first-order chi connectivity index (χ1) is 16.4. The van der Waals surface area contributed by atoms with Crippen LogP contribution in [0.15, 0.2) is 42.5 Å². The molecule has 2 rings (SSSR count). The summed E-state index contributed by atoms with van der Waals surface area (Å²) in [5.41, 5.74) is 1.59. The van der Waals surface area contributed by atoms with E-state index in [9.17, 15) is 14.4 Å². The second-order valence-corrected chi connectivity index (χ2v) is 6.99. The van der Waals surface area contributed by atoms with Crippen LogP contribution in [0.4, 0.5) is 5.69 Å². The van der Waals surface area contributed by atoms with E-state index in [1.54, 1.807) is 41.3 Å². The number of benzene rings is 2. The maximum absolute atomic E-state index is 12.3. The quantitative estimate of drug-likeness (QED) is 0.397. The molecule has 0 atom stereocenters. The Balaban J connectivity index is 1.93. The molecule has 2 aromatic carbocycles. The van der Waals surface area contributed by atoms with Crippen LogP contribution in [0, 0.1) is 0 Å².